The van der Waals surface area contributed by atoms with Gasteiger partial charge in [0.1, 0.15) is 22.3 Å². The van der Waals surface area contributed by atoms with Crippen molar-refractivity contribution in [2.24, 2.45) is 0 Å². The van der Waals surface area contributed by atoms with Gasteiger partial charge in [-0.15, -0.1) is 12.4 Å². The van der Waals surface area contributed by atoms with Gasteiger partial charge in [-0.25, -0.2) is 17.2 Å². The third-order valence-electron chi connectivity index (χ3n) is 4.86. The molecule has 0 aliphatic carbocycles. The number of piperidine rings is 1. The van der Waals surface area contributed by atoms with Crippen LogP contribution in [0.5, 0.6) is 5.75 Å². The van der Waals surface area contributed by atoms with Gasteiger partial charge in [-0.3, -0.25) is 0 Å². The van der Waals surface area contributed by atoms with Crippen LogP contribution >= 0.6 is 12.4 Å². The summed E-state index contributed by atoms with van der Waals surface area (Å²) in [5.41, 5.74) is 0.454. The van der Waals surface area contributed by atoms with Crippen molar-refractivity contribution in [2.75, 3.05) is 19.6 Å². The summed E-state index contributed by atoms with van der Waals surface area (Å²) in [6.45, 7) is 1.76. The third kappa shape index (κ3) is 4.97. The smallest absolute Gasteiger partial charge is 0.184 e. The van der Waals surface area contributed by atoms with Crippen LogP contribution in [0.15, 0.2) is 47.4 Å². The molecule has 0 amide bonds. The minimum Gasteiger partial charge on any atom is -0.507 e. The predicted molar refractivity (Wildman–Crippen MR) is 102 cm³/mol. The Bertz CT molecular complexity index is 884. The maximum atomic E-state index is 13.7. The van der Waals surface area contributed by atoms with Crippen LogP contribution in [0.4, 0.5) is 8.78 Å². The van der Waals surface area contributed by atoms with Crippen molar-refractivity contribution in [1.82, 2.24) is 4.90 Å². The first kappa shape index (κ1) is 21.6. The van der Waals surface area contributed by atoms with Gasteiger partial charge in [0.15, 0.2) is 9.84 Å². The summed E-state index contributed by atoms with van der Waals surface area (Å²) < 4.78 is 52.0. The van der Waals surface area contributed by atoms with E-state index in [0.29, 0.717) is 44.5 Å². The summed E-state index contributed by atoms with van der Waals surface area (Å²) >= 11 is 0. The van der Waals surface area contributed by atoms with Gasteiger partial charge < -0.3 is 10.0 Å². The van der Waals surface area contributed by atoms with Crippen molar-refractivity contribution in [3.05, 3.63) is 59.7 Å². The molecule has 0 unspecified atom stereocenters. The molecule has 27 heavy (non-hydrogen) atoms. The van der Waals surface area contributed by atoms with Crippen LogP contribution in [-0.2, 0) is 16.3 Å². The number of hydrogen-bond donors (Lipinski definition) is 1. The number of aromatic hydroxyl groups is 1. The fourth-order valence-corrected chi connectivity index (χ4v) is 5.14. The molecule has 1 aliphatic rings. The molecular weight excluding hydrogens is 396 g/mol. The summed E-state index contributed by atoms with van der Waals surface area (Å²) in [4.78, 5) is 2.06. The highest BCUT2D eigenvalue weighted by Crippen LogP contribution is 2.30. The lowest BCUT2D eigenvalue weighted by Gasteiger charge is -2.31. The monoisotopic (exact) mass is 417 g/mol. The second kappa shape index (κ2) is 8.99. The van der Waals surface area contributed by atoms with Crippen LogP contribution in [0, 0.1) is 11.6 Å². The number of halogens is 3. The van der Waals surface area contributed by atoms with Crippen LogP contribution < -0.4 is 0 Å². The number of rotatable bonds is 5. The average molecular weight is 418 g/mol. The molecule has 1 heterocycles. The predicted octanol–water partition coefficient (Wildman–Crippen LogP) is 3.57. The topological polar surface area (TPSA) is 57.6 Å². The largest absolute Gasteiger partial charge is 0.507 e. The lowest BCUT2D eigenvalue weighted by atomic mass is 10.1. The zero-order chi connectivity index (χ0) is 18.7. The summed E-state index contributed by atoms with van der Waals surface area (Å²) in [6.07, 6.45) is 1.37. The van der Waals surface area contributed by atoms with Gasteiger partial charge in [-0.2, -0.15) is 0 Å². The molecule has 1 N–H and O–H groups in total. The lowest BCUT2D eigenvalue weighted by molar-refractivity contribution is 0.231. The summed E-state index contributed by atoms with van der Waals surface area (Å²) in [5, 5.41) is 9.30. The van der Waals surface area contributed by atoms with Gasteiger partial charge in [-0.05, 0) is 56.1 Å². The minimum atomic E-state index is -3.57. The number of benzene rings is 2. The maximum Gasteiger partial charge on any atom is 0.184 e. The van der Waals surface area contributed by atoms with Crippen LogP contribution in [0.3, 0.4) is 0 Å². The molecule has 3 rings (SSSR count). The standard InChI is InChI=1S/C19H21F2NO3S.ClH/c20-15-6-5-14(17(21)13-15)7-10-22-11-8-16(9-12-22)26(24,25)19-4-2-1-3-18(19)23;/h1-6,13,16,23H,7-12H2;1H. The van der Waals surface area contributed by atoms with Gasteiger partial charge >= 0.3 is 0 Å². The van der Waals surface area contributed by atoms with E-state index >= 15 is 0 Å². The molecule has 0 aromatic heterocycles. The first-order valence-electron chi connectivity index (χ1n) is 8.56. The fourth-order valence-electron chi connectivity index (χ4n) is 3.32. The van der Waals surface area contributed by atoms with Crippen molar-refractivity contribution in [3.8, 4) is 5.75 Å². The Labute approximate surface area is 164 Å². The molecule has 0 saturated carbocycles. The first-order valence-corrected chi connectivity index (χ1v) is 10.1. The highest BCUT2D eigenvalue weighted by Gasteiger charge is 2.32. The second-order valence-corrected chi connectivity index (χ2v) is 8.74. The van der Waals surface area contributed by atoms with Gasteiger partial charge in [0, 0.05) is 12.6 Å². The molecule has 2 aromatic carbocycles. The number of likely N-dealkylation sites (tertiary alicyclic amines) is 1. The normalized spacial score (nSPS) is 16.1. The zero-order valence-electron chi connectivity index (χ0n) is 14.6. The van der Waals surface area contributed by atoms with E-state index in [-0.39, 0.29) is 23.1 Å². The Kier molecular flexibility index (Phi) is 7.19. The Morgan fingerprint density at radius 1 is 1.07 bits per heavy atom. The van der Waals surface area contributed by atoms with Gasteiger partial charge in [0.25, 0.3) is 0 Å². The Hall–Kier alpha value is -1.70. The molecule has 1 fully saturated rings. The molecule has 0 radical (unpaired) electrons. The average Bonchev–Trinajstić information content (AvgIpc) is 2.61. The molecule has 1 aliphatic heterocycles. The minimum absolute atomic E-state index is 0. The molecule has 8 heteroatoms. The highest BCUT2D eigenvalue weighted by atomic mass is 35.5. The quantitative estimate of drug-likeness (QED) is 0.808. The lowest BCUT2D eigenvalue weighted by Crippen LogP contribution is -2.40. The van der Waals surface area contributed by atoms with Crippen molar-refractivity contribution in [3.63, 3.8) is 0 Å². The van der Waals surface area contributed by atoms with E-state index in [1.807, 2.05) is 0 Å². The van der Waals surface area contributed by atoms with E-state index in [1.54, 1.807) is 12.1 Å². The summed E-state index contributed by atoms with van der Waals surface area (Å²) in [7, 11) is -3.57. The number of nitrogens with zero attached hydrogens (tertiary/aromatic N) is 1. The summed E-state index contributed by atoms with van der Waals surface area (Å²) in [5.74, 6) is -1.37. The van der Waals surface area contributed by atoms with Crippen molar-refractivity contribution in [1.29, 1.82) is 0 Å². The Balaban J connectivity index is 0.00000261. The van der Waals surface area contributed by atoms with E-state index in [2.05, 4.69) is 4.90 Å². The zero-order valence-corrected chi connectivity index (χ0v) is 16.3. The molecule has 1 saturated heterocycles. The van der Waals surface area contributed by atoms with Crippen molar-refractivity contribution in [2.45, 2.75) is 29.4 Å². The van der Waals surface area contributed by atoms with Crippen molar-refractivity contribution < 1.29 is 22.3 Å². The molecule has 0 atom stereocenters. The molecule has 0 bridgehead atoms. The number of sulfone groups is 1. The van der Waals surface area contributed by atoms with Gasteiger partial charge in [-0.1, -0.05) is 18.2 Å². The van der Waals surface area contributed by atoms with Gasteiger partial charge in [0.05, 0.1) is 5.25 Å². The van der Waals surface area contributed by atoms with Crippen LogP contribution in [-0.4, -0.2) is 43.3 Å². The number of hydrogen-bond acceptors (Lipinski definition) is 4. The summed E-state index contributed by atoms with van der Waals surface area (Å²) in [6, 6.07) is 9.54. The maximum absolute atomic E-state index is 13.7. The molecule has 0 spiro atoms. The first-order chi connectivity index (χ1) is 12.4. The molecule has 4 nitrogen and oxygen atoms in total. The fraction of sp³-hybridized carbons (Fsp3) is 0.368. The number of phenols is 1. The molecule has 2 aromatic rings. The van der Waals surface area contributed by atoms with Crippen LogP contribution in [0.1, 0.15) is 18.4 Å². The number of para-hydroxylation sites is 1. The van der Waals surface area contributed by atoms with Gasteiger partial charge in [0.2, 0.25) is 0 Å². The molecule has 148 valence electrons. The van der Waals surface area contributed by atoms with E-state index in [0.717, 1.165) is 6.07 Å². The SMILES string of the molecule is Cl.O=S(=O)(c1ccccc1O)C1CCN(CCc2ccc(F)cc2F)CC1. The van der Waals surface area contributed by atoms with E-state index in [1.165, 1.54) is 24.3 Å². The van der Waals surface area contributed by atoms with E-state index in [9.17, 15) is 22.3 Å². The van der Waals surface area contributed by atoms with Crippen LogP contribution in [0.25, 0.3) is 0 Å². The van der Waals surface area contributed by atoms with Crippen LogP contribution in [0.2, 0.25) is 0 Å². The highest BCUT2D eigenvalue weighted by molar-refractivity contribution is 7.92. The number of phenolic OH excluding ortho intramolecular Hbond substituents is 1. The Morgan fingerprint density at radius 3 is 2.37 bits per heavy atom. The van der Waals surface area contributed by atoms with Crippen molar-refractivity contribution >= 4 is 22.2 Å². The third-order valence-corrected chi connectivity index (χ3v) is 7.17. The van der Waals surface area contributed by atoms with E-state index < -0.39 is 26.7 Å². The Morgan fingerprint density at radius 2 is 1.74 bits per heavy atom. The van der Waals surface area contributed by atoms with E-state index in [4.69, 9.17) is 0 Å². The molecular formula is C19H22ClF2NO3S. The second-order valence-electron chi connectivity index (χ2n) is 6.54.